The van der Waals surface area contributed by atoms with Crippen LogP contribution < -0.4 is 0 Å². The Hall–Kier alpha value is -2.10. The quantitative estimate of drug-likeness (QED) is 0.0469. The third kappa shape index (κ3) is 43.0. The average Bonchev–Trinajstić information content (AvgIpc) is 2.93. The van der Waals surface area contributed by atoms with Gasteiger partial charge in [0.1, 0.15) is 0 Å². The minimum Gasteiger partial charge on any atom is -0.481 e. The van der Waals surface area contributed by atoms with Gasteiger partial charge < -0.3 is 9.84 Å². The molecule has 0 radical (unpaired) electrons. The SMILES string of the molecule is CCC/C=C/C=C\CCCCCCCCCCC(=O)O.CCCCCCCCCCCCC=CC=COC(C)=O. The first-order valence-electron chi connectivity index (χ1n) is 16.6. The van der Waals surface area contributed by atoms with Gasteiger partial charge in [-0.25, -0.2) is 0 Å². The van der Waals surface area contributed by atoms with E-state index >= 15 is 0 Å². The number of carboxylic acids is 1. The molecule has 0 aromatic carbocycles. The number of ether oxygens (including phenoxy) is 1. The lowest BCUT2D eigenvalue weighted by atomic mass is 10.1. The summed E-state index contributed by atoms with van der Waals surface area (Å²) in [5.74, 6) is -0.938. The monoisotopic (exact) mass is 560 g/mol. The number of hydrogen-bond acceptors (Lipinski definition) is 3. The predicted molar refractivity (Wildman–Crippen MR) is 174 cm³/mol. The topological polar surface area (TPSA) is 63.6 Å². The molecule has 4 heteroatoms. The van der Waals surface area contributed by atoms with Crippen LogP contribution in [-0.2, 0) is 14.3 Å². The van der Waals surface area contributed by atoms with Crippen molar-refractivity contribution in [1.82, 2.24) is 0 Å². The number of allylic oxidation sites excluding steroid dienone is 7. The van der Waals surface area contributed by atoms with Crippen molar-refractivity contribution in [2.24, 2.45) is 0 Å². The molecule has 0 unspecified atom stereocenters. The number of carboxylic acid groups (broad SMARTS) is 1. The molecule has 0 amide bonds. The second-order valence-corrected chi connectivity index (χ2v) is 10.7. The van der Waals surface area contributed by atoms with Crippen molar-refractivity contribution in [2.45, 2.75) is 168 Å². The van der Waals surface area contributed by atoms with Crippen molar-refractivity contribution >= 4 is 11.9 Å². The normalized spacial score (nSPS) is 11.6. The van der Waals surface area contributed by atoms with Crippen LogP contribution in [0.1, 0.15) is 168 Å². The summed E-state index contributed by atoms with van der Waals surface area (Å²) in [5, 5.41) is 8.51. The molecule has 0 aliphatic rings. The van der Waals surface area contributed by atoms with Gasteiger partial charge >= 0.3 is 11.9 Å². The average molecular weight is 561 g/mol. The van der Waals surface area contributed by atoms with Crippen LogP contribution in [0.25, 0.3) is 0 Å². The van der Waals surface area contributed by atoms with Crippen LogP contribution in [0.5, 0.6) is 0 Å². The van der Waals surface area contributed by atoms with Gasteiger partial charge in [0.25, 0.3) is 0 Å². The van der Waals surface area contributed by atoms with Gasteiger partial charge in [-0.1, -0.05) is 153 Å². The summed E-state index contributed by atoms with van der Waals surface area (Å²) in [6.45, 7) is 5.86. The van der Waals surface area contributed by atoms with Crippen molar-refractivity contribution in [3.8, 4) is 0 Å². The summed E-state index contributed by atoms with van der Waals surface area (Å²) in [6.07, 6.45) is 44.4. The van der Waals surface area contributed by atoms with Gasteiger partial charge in [-0.15, -0.1) is 0 Å². The van der Waals surface area contributed by atoms with E-state index in [1.54, 1.807) is 6.08 Å². The maximum atomic E-state index is 10.5. The molecule has 0 saturated heterocycles. The fraction of sp³-hybridized carbons (Fsp3) is 0.722. The Balaban J connectivity index is 0. The molecule has 40 heavy (non-hydrogen) atoms. The molecule has 0 spiro atoms. The number of carbonyl (C=O) groups is 2. The van der Waals surface area contributed by atoms with Crippen LogP contribution >= 0.6 is 0 Å². The van der Waals surface area contributed by atoms with Crippen LogP contribution in [0.2, 0.25) is 0 Å². The molecule has 0 aromatic heterocycles. The summed E-state index contributed by atoms with van der Waals surface area (Å²) in [6, 6.07) is 0. The van der Waals surface area contributed by atoms with Crippen molar-refractivity contribution in [3.05, 3.63) is 48.8 Å². The second-order valence-electron chi connectivity index (χ2n) is 10.7. The fourth-order valence-corrected chi connectivity index (χ4v) is 4.22. The van der Waals surface area contributed by atoms with E-state index in [1.165, 1.54) is 135 Å². The zero-order valence-electron chi connectivity index (χ0n) is 26.6. The molecule has 0 bridgehead atoms. The summed E-state index contributed by atoms with van der Waals surface area (Å²) in [4.78, 5) is 20.8. The molecule has 0 saturated carbocycles. The van der Waals surface area contributed by atoms with Gasteiger partial charge in [0, 0.05) is 13.3 Å². The highest BCUT2D eigenvalue weighted by atomic mass is 16.5. The van der Waals surface area contributed by atoms with Crippen LogP contribution in [0, 0.1) is 0 Å². The van der Waals surface area contributed by atoms with E-state index in [-0.39, 0.29) is 5.97 Å². The van der Waals surface area contributed by atoms with Crippen molar-refractivity contribution in [3.63, 3.8) is 0 Å². The summed E-state index contributed by atoms with van der Waals surface area (Å²) < 4.78 is 4.68. The Morgan fingerprint density at radius 2 is 0.925 bits per heavy atom. The van der Waals surface area contributed by atoms with Crippen molar-refractivity contribution in [1.29, 1.82) is 0 Å². The van der Waals surface area contributed by atoms with Crippen LogP contribution in [0.15, 0.2) is 48.8 Å². The van der Waals surface area contributed by atoms with Gasteiger partial charge in [0.2, 0.25) is 0 Å². The maximum Gasteiger partial charge on any atom is 0.307 e. The molecule has 0 aliphatic heterocycles. The van der Waals surface area contributed by atoms with Crippen molar-refractivity contribution < 1.29 is 19.4 Å². The number of unbranched alkanes of at least 4 members (excludes halogenated alkanes) is 19. The Kier molecular flexibility index (Phi) is 36.9. The Labute approximate surface area is 248 Å². The zero-order chi connectivity index (χ0) is 29.8. The maximum absolute atomic E-state index is 10.5. The zero-order valence-corrected chi connectivity index (χ0v) is 26.6. The largest absolute Gasteiger partial charge is 0.481 e. The smallest absolute Gasteiger partial charge is 0.307 e. The molecular weight excluding hydrogens is 496 g/mol. The molecule has 1 N–H and O–H groups in total. The first-order valence-corrected chi connectivity index (χ1v) is 16.6. The van der Waals surface area contributed by atoms with E-state index in [4.69, 9.17) is 5.11 Å². The molecule has 232 valence electrons. The molecule has 0 atom stereocenters. The third-order valence-electron chi connectivity index (χ3n) is 6.63. The first kappa shape index (κ1) is 40.0. The van der Waals surface area contributed by atoms with E-state index in [0.717, 1.165) is 19.3 Å². The Bertz CT molecular complexity index is 645. The highest BCUT2D eigenvalue weighted by molar-refractivity contribution is 5.66. The lowest BCUT2D eigenvalue weighted by molar-refractivity contribution is -0.137. The third-order valence-corrected chi connectivity index (χ3v) is 6.63. The van der Waals surface area contributed by atoms with E-state index in [1.807, 2.05) is 6.08 Å². The van der Waals surface area contributed by atoms with Crippen LogP contribution in [-0.4, -0.2) is 17.0 Å². The summed E-state index contributed by atoms with van der Waals surface area (Å²) in [7, 11) is 0. The molecule has 0 aromatic rings. The highest BCUT2D eigenvalue weighted by Crippen LogP contribution is 2.12. The number of rotatable bonds is 27. The van der Waals surface area contributed by atoms with Crippen LogP contribution in [0.3, 0.4) is 0 Å². The number of aliphatic carboxylic acids is 1. The minimum atomic E-state index is -0.664. The molecule has 0 heterocycles. The van der Waals surface area contributed by atoms with Gasteiger partial charge in [0.05, 0.1) is 6.26 Å². The lowest BCUT2D eigenvalue weighted by Gasteiger charge is -2.01. The van der Waals surface area contributed by atoms with Crippen LogP contribution in [0.4, 0.5) is 0 Å². The Morgan fingerprint density at radius 3 is 1.35 bits per heavy atom. The molecular formula is C36H64O4. The van der Waals surface area contributed by atoms with E-state index < -0.39 is 5.97 Å². The first-order chi connectivity index (χ1) is 19.5. The lowest BCUT2D eigenvalue weighted by Crippen LogP contribution is -1.93. The van der Waals surface area contributed by atoms with Crippen molar-refractivity contribution in [2.75, 3.05) is 0 Å². The second kappa shape index (κ2) is 36.9. The summed E-state index contributed by atoms with van der Waals surface area (Å²) in [5.41, 5.74) is 0. The standard InChI is InChI=1S/2C18H32O2/c1-3-4-5-6-7-8-9-10-11-12-13-14-15-16-17-20-18(2)19;1-2-3-4-5-6-7-8-9-10-11-12-13-14-15-16-17-18(19)20/h14-17H,3-13H2,1-2H3;4-7H,2-3,8-17H2,1H3,(H,19,20)/b;5-4+,7-6-. The van der Waals surface area contributed by atoms with E-state index in [9.17, 15) is 9.59 Å². The van der Waals surface area contributed by atoms with Gasteiger partial charge in [0.15, 0.2) is 0 Å². The predicted octanol–water partition coefficient (Wildman–Crippen LogP) is 11.8. The Morgan fingerprint density at radius 1 is 0.525 bits per heavy atom. The van der Waals surface area contributed by atoms with Gasteiger partial charge in [-0.3, -0.25) is 9.59 Å². The number of esters is 1. The molecule has 0 rings (SSSR count). The minimum absolute atomic E-state index is 0.274. The molecule has 0 fully saturated rings. The fourth-order valence-electron chi connectivity index (χ4n) is 4.22. The van der Waals surface area contributed by atoms with E-state index in [0.29, 0.717) is 6.42 Å². The van der Waals surface area contributed by atoms with E-state index in [2.05, 4.69) is 49.0 Å². The number of hydrogen-bond donors (Lipinski definition) is 1. The number of carbonyl (C=O) groups excluding carboxylic acids is 1. The highest BCUT2D eigenvalue weighted by Gasteiger charge is 1.96. The van der Waals surface area contributed by atoms with Gasteiger partial charge in [-0.2, -0.15) is 0 Å². The molecule has 4 nitrogen and oxygen atoms in total. The van der Waals surface area contributed by atoms with Gasteiger partial charge in [-0.05, 0) is 44.6 Å². The summed E-state index contributed by atoms with van der Waals surface area (Å²) >= 11 is 0. The molecule has 0 aliphatic carbocycles.